The molecule has 0 aliphatic rings. The molecule has 0 saturated heterocycles. The Morgan fingerprint density at radius 1 is 1.03 bits per heavy atom. The van der Waals surface area contributed by atoms with E-state index >= 15 is 0 Å². The van der Waals surface area contributed by atoms with Gasteiger partial charge in [0.05, 0.1) is 0 Å². The van der Waals surface area contributed by atoms with Gasteiger partial charge in [0.15, 0.2) is 0 Å². The molecule has 4 nitrogen and oxygen atoms in total. The molecule has 0 bridgehead atoms. The zero-order valence-corrected chi connectivity index (χ0v) is 16.8. The van der Waals surface area contributed by atoms with Crippen LogP contribution in [0.25, 0.3) is 16.5 Å². The van der Waals surface area contributed by atoms with Crippen LogP contribution in [0.5, 0.6) is 0 Å². The minimum Gasteiger partial charge on any atom is -0.352 e. The zero-order valence-electron chi connectivity index (χ0n) is 15.9. The molecule has 2 aromatic carbocycles. The molecule has 29 heavy (non-hydrogen) atoms. The predicted molar refractivity (Wildman–Crippen MR) is 115 cm³/mol. The lowest BCUT2D eigenvalue weighted by Gasteiger charge is -2.06. The van der Waals surface area contributed by atoms with Crippen LogP contribution in [0.15, 0.2) is 66.7 Å². The standard InChI is InChI=1S/C23H21FN2O2S/c1-2-25-23(28)17-7-5-6-16(14-17)15-26-22(27)13-11-18-10-12-21(29-18)19-8-3-4-9-20(19)24/h3-14H,2,15H2,1H3,(H,25,28)(H,26,27)/b13-11+. The first kappa shape index (κ1) is 20.5. The highest BCUT2D eigenvalue weighted by atomic mass is 32.1. The fourth-order valence-corrected chi connectivity index (χ4v) is 3.68. The second-order valence-corrected chi connectivity index (χ2v) is 7.41. The van der Waals surface area contributed by atoms with Crippen molar-refractivity contribution in [2.75, 3.05) is 6.54 Å². The number of thiophene rings is 1. The van der Waals surface area contributed by atoms with Crippen LogP contribution in [-0.2, 0) is 11.3 Å². The third-order valence-electron chi connectivity index (χ3n) is 4.16. The van der Waals surface area contributed by atoms with E-state index in [1.807, 2.05) is 25.1 Å². The third kappa shape index (κ3) is 5.62. The van der Waals surface area contributed by atoms with E-state index in [2.05, 4.69) is 10.6 Å². The number of hydrogen-bond donors (Lipinski definition) is 2. The Bertz CT molecular complexity index is 1040. The molecule has 6 heteroatoms. The Morgan fingerprint density at radius 3 is 2.66 bits per heavy atom. The van der Waals surface area contributed by atoms with Crippen molar-refractivity contribution in [3.8, 4) is 10.4 Å². The molecule has 0 radical (unpaired) electrons. The van der Waals surface area contributed by atoms with Gasteiger partial charge in [-0.15, -0.1) is 11.3 Å². The van der Waals surface area contributed by atoms with E-state index in [4.69, 9.17) is 0 Å². The second-order valence-electron chi connectivity index (χ2n) is 6.29. The van der Waals surface area contributed by atoms with Gasteiger partial charge in [-0.05, 0) is 48.9 Å². The quantitative estimate of drug-likeness (QED) is 0.560. The number of amides is 2. The molecule has 1 heterocycles. The molecular formula is C23H21FN2O2S. The van der Waals surface area contributed by atoms with E-state index in [-0.39, 0.29) is 17.6 Å². The van der Waals surface area contributed by atoms with Gasteiger partial charge in [0.25, 0.3) is 5.91 Å². The van der Waals surface area contributed by atoms with Crippen LogP contribution < -0.4 is 10.6 Å². The van der Waals surface area contributed by atoms with Crippen LogP contribution in [0.1, 0.15) is 27.7 Å². The number of halogens is 1. The summed E-state index contributed by atoms with van der Waals surface area (Å²) in [5, 5.41) is 5.55. The van der Waals surface area contributed by atoms with Gasteiger partial charge in [-0.1, -0.05) is 30.3 Å². The SMILES string of the molecule is CCNC(=O)c1cccc(CNC(=O)/C=C/c2ccc(-c3ccccc3F)s2)c1. The van der Waals surface area contributed by atoms with Crippen molar-refractivity contribution in [2.24, 2.45) is 0 Å². The molecule has 1 aromatic heterocycles. The summed E-state index contributed by atoms with van der Waals surface area (Å²) in [5.74, 6) is -0.643. The summed E-state index contributed by atoms with van der Waals surface area (Å²) in [6.45, 7) is 2.74. The summed E-state index contributed by atoms with van der Waals surface area (Å²) in [4.78, 5) is 25.7. The summed E-state index contributed by atoms with van der Waals surface area (Å²) in [7, 11) is 0. The molecule has 148 valence electrons. The average Bonchev–Trinajstić information content (AvgIpc) is 3.20. The van der Waals surface area contributed by atoms with Crippen LogP contribution >= 0.6 is 11.3 Å². The molecule has 2 amide bonds. The number of rotatable bonds is 7. The molecule has 3 rings (SSSR count). The van der Waals surface area contributed by atoms with E-state index < -0.39 is 0 Å². The normalized spacial score (nSPS) is 10.8. The summed E-state index contributed by atoms with van der Waals surface area (Å²) in [6, 6.07) is 17.4. The lowest BCUT2D eigenvalue weighted by Crippen LogP contribution is -2.23. The zero-order chi connectivity index (χ0) is 20.6. The van der Waals surface area contributed by atoms with Crippen molar-refractivity contribution in [1.82, 2.24) is 10.6 Å². The molecule has 0 fully saturated rings. The maximum atomic E-state index is 13.9. The summed E-state index contributed by atoms with van der Waals surface area (Å²) >= 11 is 1.42. The first-order valence-electron chi connectivity index (χ1n) is 9.24. The van der Waals surface area contributed by atoms with Gasteiger partial charge < -0.3 is 10.6 Å². The molecule has 3 aromatic rings. The van der Waals surface area contributed by atoms with Crippen molar-refractivity contribution in [3.63, 3.8) is 0 Å². The van der Waals surface area contributed by atoms with E-state index in [9.17, 15) is 14.0 Å². The molecule has 0 atom stereocenters. The van der Waals surface area contributed by atoms with Crippen LogP contribution in [0, 0.1) is 5.82 Å². The first-order chi connectivity index (χ1) is 14.1. The van der Waals surface area contributed by atoms with E-state index in [1.54, 1.807) is 42.5 Å². The highest BCUT2D eigenvalue weighted by Gasteiger charge is 2.07. The summed E-state index contributed by atoms with van der Waals surface area (Å²) in [6.07, 6.45) is 3.15. The second kappa shape index (κ2) is 9.80. The molecule has 0 aliphatic carbocycles. The Kier molecular flexibility index (Phi) is 6.92. The van der Waals surface area contributed by atoms with Crippen molar-refractivity contribution in [3.05, 3.63) is 88.6 Å². The van der Waals surface area contributed by atoms with Crippen LogP contribution in [-0.4, -0.2) is 18.4 Å². The molecular weight excluding hydrogens is 387 g/mol. The average molecular weight is 408 g/mol. The highest BCUT2D eigenvalue weighted by Crippen LogP contribution is 2.30. The summed E-state index contributed by atoms with van der Waals surface area (Å²) < 4.78 is 13.9. The molecule has 2 N–H and O–H groups in total. The fourth-order valence-electron chi connectivity index (χ4n) is 2.74. The van der Waals surface area contributed by atoms with Gasteiger partial charge in [-0.2, -0.15) is 0 Å². The fraction of sp³-hybridized carbons (Fsp3) is 0.130. The Balaban J connectivity index is 1.58. The van der Waals surface area contributed by atoms with Crippen molar-refractivity contribution < 1.29 is 14.0 Å². The van der Waals surface area contributed by atoms with Gasteiger partial charge in [-0.25, -0.2) is 4.39 Å². The van der Waals surface area contributed by atoms with Gasteiger partial charge >= 0.3 is 0 Å². The van der Waals surface area contributed by atoms with Crippen molar-refractivity contribution in [1.29, 1.82) is 0 Å². The number of hydrogen-bond acceptors (Lipinski definition) is 3. The van der Waals surface area contributed by atoms with Gasteiger partial charge in [0.1, 0.15) is 5.82 Å². The van der Waals surface area contributed by atoms with Gasteiger partial charge in [0.2, 0.25) is 5.91 Å². The first-order valence-corrected chi connectivity index (χ1v) is 10.1. The Labute approximate surface area is 173 Å². The van der Waals surface area contributed by atoms with Gasteiger partial charge in [-0.3, -0.25) is 9.59 Å². The smallest absolute Gasteiger partial charge is 0.251 e. The van der Waals surface area contributed by atoms with E-state index in [0.29, 0.717) is 24.2 Å². The van der Waals surface area contributed by atoms with Crippen molar-refractivity contribution in [2.45, 2.75) is 13.5 Å². The number of carbonyl (C=O) groups excluding carboxylic acids is 2. The summed E-state index contributed by atoms with van der Waals surface area (Å²) in [5.41, 5.74) is 1.95. The predicted octanol–water partition coefficient (Wildman–Crippen LogP) is 4.63. The van der Waals surface area contributed by atoms with E-state index in [0.717, 1.165) is 15.3 Å². The van der Waals surface area contributed by atoms with Crippen LogP contribution in [0.2, 0.25) is 0 Å². The molecule has 0 saturated carbocycles. The van der Waals surface area contributed by atoms with Gasteiger partial charge in [0, 0.05) is 40.0 Å². The monoisotopic (exact) mass is 408 g/mol. The third-order valence-corrected chi connectivity index (χ3v) is 5.24. The lowest BCUT2D eigenvalue weighted by molar-refractivity contribution is -0.116. The largest absolute Gasteiger partial charge is 0.352 e. The number of carbonyl (C=O) groups is 2. The van der Waals surface area contributed by atoms with Crippen LogP contribution in [0.3, 0.4) is 0 Å². The topological polar surface area (TPSA) is 58.2 Å². The molecule has 0 aliphatic heterocycles. The molecule has 0 spiro atoms. The lowest BCUT2D eigenvalue weighted by atomic mass is 10.1. The highest BCUT2D eigenvalue weighted by molar-refractivity contribution is 7.16. The van der Waals surface area contributed by atoms with E-state index in [1.165, 1.54) is 23.5 Å². The molecule has 0 unspecified atom stereocenters. The Hall–Kier alpha value is -3.25. The minimum absolute atomic E-state index is 0.135. The van der Waals surface area contributed by atoms with Crippen molar-refractivity contribution >= 4 is 29.2 Å². The maximum Gasteiger partial charge on any atom is 0.251 e. The van der Waals surface area contributed by atoms with Crippen LogP contribution in [0.4, 0.5) is 4.39 Å². The number of benzene rings is 2. The Morgan fingerprint density at radius 2 is 1.86 bits per heavy atom. The number of nitrogens with one attached hydrogen (secondary N) is 2. The minimum atomic E-state index is -0.266. The maximum absolute atomic E-state index is 13.9.